The monoisotopic (exact) mass is 206 g/mol. The molecule has 0 saturated heterocycles. The predicted molar refractivity (Wildman–Crippen MR) is 59.8 cm³/mol. The maximum absolute atomic E-state index is 5.08. The Bertz CT molecular complexity index is 323. The number of aromatic nitrogens is 1. The predicted octanol–water partition coefficient (Wildman–Crippen LogP) is 1.98. The van der Waals surface area contributed by atoms with Gasteiger partial charge in [0.2, 0.25) is 5.88 Å². The second kappa shape index (κ2) is 4.62. The summed E-state index contributed by atoms with van der Waals surface area (Å²) in [4.78, 5) is 4.36. The molecule has 1 saturated carbocycles. The van der Waals surface area contributed by atoms with E-state index < -0.39 is 0 Å². The minimum absolute atomic E-state index is 0.609. The SMILES string of the molecule is COc1cccc(CNC(C)C2CC2)n1. The third-order valence-electron chi connectivity index (χ3n) is 2.92. The zero-order valence-corrected chi connectivity index (χ0v) is 9.36. The molecule has 1 unspecified atom stereocenters. The van der Waals surface area contributed by atoms with Crippen LogP contribution in [0.2, 0.25) is 0 Å². The summed E-state index contributed by atoms with van der Waals surface area (Å²) >= 11 is 0. The third-order valence-corrected chi connectivity index (χ3v) is 2.92. The van der Waals surface area contributed by atoms with E-state index >= 15 is 0 Å². The first-order chi connectivity index (χ1) is 7.29. The highest BCUT2D eigenvalue weighted by molar-refractivity contribution is 5.15. The van der Waals surface area contributed by atoms with Crippen LogP contribution in [0.5, 0.6) is 5.88 Å². The van der Waals surface area contributed by atoms with Crippen molar-refractivity contribution in [2.45, 2.75) is 32.4 Å². The van der Waals surface area contributed by atoms with Gasteiger partial charge in [-0.3, -0.25) is 0 Å². The van der Waals surface area contributed by atoms with Gasteiger partial charge in [0.05, 0.1) is 12.8 Å². The van der Waals surface area contributed by atoms with Crippen molar-refractivity contribution in [2.24, 2.45) is 5.92 Å². The molecular formula is C12H18N2O. The van der Waals surface area contributed by atoms with Gasteiger partial charge < -0.3 is 10.1 Å². The average molecular weight is 206 g/mol. The van der Waals surface area contributed by atoms with Gasteiger partial charge in [-0.2, -0.15) is 0 Å². The smallest absolute Gasteiger partial charge is 0.213 e. The highest BCUT2D eigenvalue weighted by Gasteiger charge is 2.27. The van der Waals surface area contributed by atoms with Crippen LogP contribution in [0.3, 0.4) is 0 Å². The first-order valence-electron chi connectivity index (χ1n) is 5.53. The molecule has 1 atom stereocenters. The maximum atomic E-state index is 5.08. The van der Waals surface area contributed by atoms with Crippen LogP contribution in [0.1, 0.15) is 25.5 Å². The normalized spacial score (nSPS) is 17.5. The van der Waals surface area contributed by atoms with Gasteiger partial charge in [0, 0.05) is 18.7 Å². The van der Waals surface area contributed by atoms with Crippen molar-refractivity contribution in [1.82, 2.24) is 10.3 Å². The summed E-state index contributed by atoms with van der Waals surface area (Å²) in [6.45, 7) is 3.08. The highest BCUT2D eigenvalue weighted by Crippen LogP contribution is 2.32. The van der Waals surface area contributed by atoms with E-state index in [0.717, 1.165) is 18.2 Å². The molecular weight excluding hydrogens is 188 g/mol. The Kier molecular flexibility index (Phi) is 3.21. The lowest BCUT2D eigenvalue weighted by molar-refractivity contribution is 0.394. The van der Waals surface area contributed by atoms with Gasteiger partial charge in [0.1, 0.15) is 0 Å². The molecule has 1 fully saturated rings. The van der Waals surface area contributed by atoms with E-state index in [4.69, 9.17) is 4.74 Å². The number of hydrogen-bond acceptors (Lipinski definition) is 3. The van der Waals surface area contributed by atoms with Crippen LogP contribution in [-0.4, -0.2) is 18.1 Å². The van der Waals surface area contributed by atoms with Gasteiger partial charge in [-0.1, -0.05) is 6.07 Å². The molecule has 15 heavy (non-hydrogen) atoms. The topological polar surface area (TPSA) is 34.1 Å². The van der Waals surface area contributed by atoms with Crippen molar-refractivity contribution in [1.29, 1.82) is 0 Å². The zero-order valence-electron chi connectivity index (χ0n) is 9.36. The largest absolute Gasteiger partial charge is 0.481 e. The molecule has 1 aromatic rings. The lowest BCUT2D eigenvalue weighted by Gasteiger charge is -2.12. The van der Waals surface area contributed by atoms with Crippen LogP contribution >= 0.6 is 0 Å². The lowest BCUT2D eigenvalue weighted by Crippen LogP contribution is -2.27. The van der Waals surface area contributed by atoms with Crippen molar-refractivity contribution in [3.8, 4) is 5.88 Å². The Morgan fingerprint density at radius 3 is 3.00 bits per heavy atom. The first-order valence-corrected chi connectivity index (χ1v) is 5.53. The molecule has 1 aliphatic carbocycles. The van der Waals surface area contributed by atoms with Crippen LogP contribution in [-0.2, 0) is 6.54 Å². The van der Waals surface area contributed by atoms with Crippen LogP contribution in [0.15, 0.2) is 18.2 Å². The molecule has 0 aliphatic heterocycles. The first kappa shape index (κ1) is 10.4. The Balaban J connectivity index is 1.86. The minimum atomic E-state index is 0.609. The fraction of sp³-hybridized carbons (Fsp3) is 0.583. The van der Waals surface area contributed by atoms with E-state index in [1.54, 1.807) is 7.11 Å². The van der Waals surface area contributed by atoms with Gasteiger partial charge in [-0.05, 0) is 31.7 Å². The fourth-order valence-corrected chi connectivity index (χ4v) is 1.70. The summed E-state index contributed by atoms with van der Waals surface area (Å²) in [7, 11) is 1.65. The fourth-order valence-electron chi connectivity index (χ4n) is 1.70. The second-order valence-electron chi connectivity index (χ2n) is 4.18. The summed E-state index contributed by atoms with van der Waals surface area (Å²) < 4.78 is 5.08. The number of nitrogens with one attached hydrogen (secondary N) is 1. The Morgan fingerprint density at radius 1 is 1.53 bits per heavy atom. The Hall–Kier alpha value is -1.09. The van der Waals surface area contributed by atoms with Gasteiger partial charge in [-0.25, -0.2) is 4.98 Å². The summed E-state index contributed by atoms with van der Waals surface area (Å²) in [6.07, 6.45) is 2.75. The second-order valence-corrected chi connectivity index (χ2v) is 4.18. The molecule has 0 bridgehead atoms. The number of pyridine rings is 1. The van der Waals surface area contributed by atoms with Crippen LogP contribution < -0.4 is 10.1 Å². The zero-order chi connectivity index (χ0) is 10.7. The van der Waals surface area contributed by atoms with Crippen molar-refractivity contribution >= 4 is 0 Å². The quantitative estimate of drug-likeness (QED) is 0.800. The third kappa shape index (κ3) is 2.93. The summed E-state index contributed by atoms with van der Waals surface area (Å²) in [5.41, 5.74) is 1.04. The molecule has 0 aromatic carbocycles. The molecule has 3 heteroatoms. The van der Waals surface area contributed by atoms with Gasteiger partial charge in [-0.15, -0.1) is 0 Å². The number of nitrogens with zero attached hydrogens (tertiary/aromatic N) is 1. The van der Waals surface area contributed by atoms with E-state index in [0.29, 0.717) is 11.9 Å². The molecule has 1 aromatic heterocycles. The van der Waals surface area contributed by atoms with E-state index in [2.05, 4.69) is 17.2 Å². The summed E-state index contributed by atoms with van der Waals surface area (Å²) in [5.74, 6) is 1.57. The summed E-state index contributed by atoms with van der Waals surface area (Å²) in [6, 6.07) is 6.48. The highest BCUT2D eigenvalue weighted by atomic mass is 16.5. The minimum Gasteiger partial charge on any atom is -0.481 e. The molecule has 1 aliphatic rings. The van der Waals surface area contributed by atoms with Crippen molar-refractivity contribution in [3.63, 3.8) is 0 Å². The van der Waals surface area contributed by atoms with Gasteiger partial charge in [0.15, 0.2) is 0 Å². The van der Waals surface area contributed by atoms with Crippen molar-refractivity contribution in [3.05, 3.63) is 23.9 Å². The molecule has 1 N–H and O–H groups in total. The molecule has 0 spiro atoms. The Morgan fingerprint density at radius 2 is 2.33 bits per heavy atom. The number of ether oxygens (including phenoxy) is 1. The lowest BCUT2D eigenvalue weighted by atomic mass is 10.2. The van der Waals surface area contributed by atoms with Crippen molar-refractivity contribution < 1.29 is 4.74 Å². The molecule has 1 heterocycles. The molecule has 0 radical (unpaired) electrons. The standard InChI is InChI=1S/C12H18N2O/c1-9(10-6-7-10)13-8-11-4-3-5-12(14-11)15-2/h3-5,9-10,13H,6-8H2,1-2H3. The van der Waals surface area contributed by atoms with Gasteiger partial charge in [0.25, 0.3) is 0 Å². The summed E-state index contributed by atoms with van der Waals surface area (Å²) in [5, 5.41) is 3.49. The molecule has 2 rings (SSSR count). The van der Waals surface area contributed by atoms with Crippen LogP contribution in [0.25, 0.3) is 0 Å². The van der Waals surface area contributed by atoms with Crippen LogP contribution in [0.4, 0.5) is 0 Å². The molecule has 0 amide bonds. The number of methoxy groups -OCH3 is 1. The number of rotatable bonds is 5. The van der Waals surface area contributed by atoms with E-state index in [1.807, 2.05) is 18.2 Å². The van der Waals surface area contributed by atoms with E-state index in [9.17, 15) is 0 Å². The van der Waals surface area contributed by atoms with E-state index in [-0.39, 0.29) is 0 Å². The molecule has 3 nitrogen and oxygen atoms in total. The van der Waals surface area contributed by atoms with Crippen molar-refractivity contribution in [2.75, 3.05) is 7.11 Å². The molecule has 82 valence electrons. The number of hydrogen-bond donors (Lipinski definition) is 1. The van der Waals surface area contributed by atoms with Crippen LogP contribution in [0, 0.1) is 5.92 Å². The maximum Gasteiger partial charge on any atom is 0.213 e. The average Bonchev–Trinajstić information content (AvgIpc) is 3.10. The van der Waals surface area contributed by atoms with E-state index in [1.165, 1.54) is 12.8 Å². The Labute approximate surface area is 90.9 Å². The van der Waals surface area contributed by atoms with Gasteiger partial charge >= 0.3 is 0 Å².